The van der Waals surface area contributed by atoms with Crippen LogP contribution in [0.3, 0.4) is 0 Å². The summed E-state index contributed by atoms with van der Waals surface area (Å²) in [5.74, 6) is -13.7. The Bertz CT molecular complexity index is 317. The molecule has 0 N–H and O–H groups in total. The maximum atomic E-state index is 12.3. The molecule has 0 heterocycles. The summed E-state index contributed by atoms with van der Waals surface area (Å²) in [6, 6.07) is -6.40. The lowest BCUT2D eigenvalue weighted by Gasteiger charge is -2.31. The Labute approximate surface area is 94.4 Å². The number of hydrogen-bond acceptors (Lipinski definition) is 1. The van der Waals surface area contributed by atoms with Gasteiger partial charge < -0.3 is 0 Å². The highest BCUT2D eigenvalue weighted by Crippen LogP contribution is 2.54. The van der Waals surface area contributed by atoms with Crippen LogP contribution in [0.5, 0.6) is 0 Å². The van der Waals surface area contributed by atoms with Crippen molar-refractivity contribution in [2.75, 3.05) is 0 Å². The largest absolute Gasteiger partial charge is 0.420 e. The zero-order valence-corrected chi connectivity index (χ0v) is 8.59. The summed E-state index contributed by atoms with van der Waals surface area (Å²) >= 11 is -1.19. The molecule has 0 bridgehead atoms. The normalized spacial score (nSPS) is 15.3. The van der Waals surface area contributed by atoms with Crippen molar-refractivity contribution in [3.8, 4) is 0 Å². The maximum Gasteiger partial charge on any atom is 0.420 e. The van der Waals surface area contributed by atoms with Gasteiger partial charge in [-0.25, -0.2) is 0 Å². The van der Waals surface area contributed by atoms with E-state index in [4.69, 9.17) is 0 Å². The van der Waals surface area contributed by atoms with Gasteiger partial charge in [0.25, 0.3) is 11.5 Å². The minimum atomic E-state index is -6.88. The van der Waals surface area contributed by atoms with Crippen molar-refractivity contribution in [1.29, 1.82) is 0 Å². The van der Waals surface area contributed by atoms with Crippen LogP contribution >= 0.6 is 11.6 Å². The van der Waals surface area contributed by atoms with E-state index in [2.05, 4.69) is 11.6 Å². The number of hydrogen-bond donors (Lipinski definition) is 0. The molecule has 104 valence electrons. The molecule has 1 nitrogen and oxygen atoms in total. The molecule has 0 aliphatic heterocycles. The van der Waals surface area contributed by atoms with Crippen LogP contribution in [-0.2, 0) is 11.5 Å². The molecule has 0 radical (unpaired) electrons. The van der Waals surface area contributed by atoms with Gasteiger partial charge in [0.15, 0.2) is 0 Å². The third-order valence-electron chi connectivity index (χ3n) is 1.31. The topological polar surface area (TPSA) is 12.4 Å². The monoisotopic (exact) mass is 319 g/mol. The van der Waals surface area contributed by atoms with Crippen molar-refractivity contribution in [2.45, 2.75) is 23.3 Å². The smallest absolute Gasteiger partial charge is 0.191 e. The second-order valence-corrected chi connectivity index (χ2v) is 3.53. The van der Waals surface area contributed by atoms with Crippen LogP contribution in [0.4, 0.5) is 42.9 Å². The highest BCUT2D eigenvalue weighted by atomic mass is 35.5. The Morgan fingerprint density at radius 3 is 1.35 bits per heavy atom. The maximum absolute atomic E-state index is 12.3. The molecule has 0 aromatic rings. The molecule has 0 atom stereocenters. The molecule has 0 rings (SSSR count). The molecule has 0 fully saturated rings. The van der Waals surface area contributed by atoms with Gasteiger partial charge in [0.1, 0.15) is 0 Å². The van der Waals surface area contributed by atoms with Gasteiger partial charge in [-0.3, -0.25) is 0 Å². The van der Waals surface area contributed by atoms with Gasteiger partial charge in [0.05, 0.1) is 0 Å². The lowest BCUT2D eigenvalue weighted by Crippen LogP contribution is -2.59. The molecular weight excluding hydrogens is 320 g/mol. The highest BCUT2D eigenvalue weighted by molar-refractivity contribution is 7.76. The van der Waals surface area contributed by atoms with Crippen LogP contribution in [0.1, 0.15) is 0 Å². The lowest BCUT2D eigenvalue weighted by atomic mass is 10.1. The summed E-state index contributed by atoms with van der Waals surface area (Å²) in [6.45, 7) is 0. The Hall–Kier alpha value is -0.260. The summed E-state index contributed by atoms with van der Waals surface area (Å²) in [5.41, 5.74) is 0. The Morgan fingerprint density at radius 2 is 1.12 bits per heavy atom. The average Bonchev–Trinajstić information content (AvgIpc) is 1.98. The predicted octanol–water partition coefficient (Wildman–Crippen LogP) is 4.25. The van der Waals surface area contributed by atoms with Crippen LogP contribution in [0.15, 0.2) is 4.36 Å². The van der Waals surface area contributed by atoms with E-state index in [9.17, 15) is 42.9 Å². The minimum absolute atomic E-state index is 0.700. The molecule has 17 heavy (non-hydrogen) atoms. The standard InChI is InChI=1S/C4ClF10NS/c5-3(10,11)1(6,7)2(8,9)4(12,13)16-17(14)15. The molecule has 0 saturated heterocycles. The predicted molar refractivity (Wildman–Crippen MR) is 37.7 cm³/mol. The van der Waals surface area contributed by atoms with Crippen LogP contribution in [0.25, 0.3) is 0 Å². The van der Waals surface area contributed by atoms with Crippen LogP contribution < -0.4 is 0 Å². The summed E-state index contributed by atoms with van der Waals surface area (Å²) in [7, 11) is 0. The summed E-state index contributed by atoms with van der Waals surface area (Å²) in [6.07, 6.45) is 0. The van der Waals surface area contributed by atoms with E-state index in [0.29, 0.717) is 4.36 Å². The van der Waals surface area contributed by atoms with Gasteiger partial charge >= 0.3 is 23.3 Å². The average molecular weight is 320 g/mol. The minimum Gasteiger partial charge on any atom is -0.191 e. The van der Waals surface area contributed by atoms with E-state index in [1.165, 1.54) is 0 Å². The van der Waals surface area contributed by atoms with Crippen molar-refractivity contribution in [3.63, 3.8) is 0 Å². The highest BCUT2D eigenvalue weighted by Gasteiger charge is 2.81. The van der Waals surface area contributed by atoms with Crippen LogP contribution in [0.2, 0.25) is 0 Å². The Kier molecular flexibility index (Phi) is 4.38. The van der Waals surface area contributed by atoms with E-state index in [0.717, 1.165) is 0 Å². The first-order chi connectivity index (χ1) is 7.17. The number of alkyl halides is 9. The molecule has 0 aliphatic rings. The molecule has 0 aromatic heterocycles. The summed E-state index contributed by atoms with van der Waals surface area (Å²) in [5, 5.41) is -6.07. The molecule has 0 unspecified atom stereocenters. The fourth-order valence-electron chi connectivity index (χ4n) is 0.511. The van der Waals surface area contributed by atoms with Crippen LogP contribution in [-0.4, -0.2) is 23.3 Å². The Balaban J connectivity index is 5.64. The summed E-state index contributed by atoms with van der Waals surface area (Å²) in [4.78, 5) is 0. The first-order valence-electron chi connectivity index (χ1n) is 3.17. The molecule has 0 aliphatic carbocycles. The van der Waals surface area contributed by atoms with E-state index in [1.807, 2.05) is 0 Å². The first-order valence-corrected chi connectivity index (χ1v) is 4.53. The zero-order valence-electron chi connectivity index (χ0n) is 7.01. The molecule has 0 spiro atoms. The fourth-order valence-corrected chi connectivity index (χ4v) is 0.918. The quantitative estimate of drug-likeness (QED) is 0.417. The number of rotatable bonds is 4. The van der Waals surface area contributed by atoms with Gasteiger partial charge in [-0.1, -0.05) is 0 Å². The third-order valence-corrected chi connectivity index (χ3v) is 1.92. The lowest BCUT2D eigenvalue weighted by molar-refractivity contribution is -0.345. The SMILES string of the molecule is FS(F)=NC(F)(F)C(F)(F)C(F)(F)C(F)(F)Cl. The molecule has 13 heteroatoms. The number of halogens is 11. The molecule has 0 saturated carbocycles. The van der Waals surface area contributed by atoms with E-state index < -0.39 is 34.7 Å². The van der Waals surface area contributed by atoms with Gasteiger partial charge in [0.2, 0.25) is 0 Å². The molecule has 0 aromatic carbocycles. The zero-order chi connectivity index (χ0) is 14.3. The van der Waals surface area contributed by atoms with Gasteiger partial charge in [0, 0.05) is 0 Å². The van der Waals surface area contributed by atoms with Crippen molar-refractivity contribution in [2.24, 2.45) is 4.36 Å². The second-order valence-electron chi connectivity index (χ2n) is 2.48. The van der Waals surface area contributed by atoms with Crippen molar-refractivity contribution >= 4 is 23.1 Å². The van der Waals surface area contributed by atoms with E-state index >= 15 is 0 Å². The first kappa shape index (κ1) is 16.7. The Morgan fingerprint density at radius 1 is 0.765 bits per heavy atom. The fraction of sp³-hybridized carbons (Fsp3) is 1.00. The van der Waals surface area contributed by atoms with E-state index in [-0.39, 0.29) is 0 Å². The van der Waals surface area contributed by atoms with Gasteiger partial charge in [-0.15, -0.1) is 12.1 Å². The van der Waals surface area contributed by atoms with Crippen LogP contribution in [0, 0.1) is 0 Å². The van der Waals surface area contributed by atoms with Gasteiger partial charge in [-0.2, -0.15) is 35.1 Å². The summed E-state index contributed by atoms with van der Waals surface area (Å²) < 4.78 is 121. The van der Waals surface area contributed by atoms with Crippen molar-refractivity contribution in [1.82, 2.24) is 0 Å². The molecule has 0 amide bonds. The second kappa shape index (κ2) is 4.44. The van der Waals surface area contributed by atoms with Gasteiger partial charge in [-0.05, 0) is 11.6 Å². The molecular formula is C4ClF10NS. The number of nitrogens with zero attached hydrogens (tertiary/aromatic N) is 1. The third kappa shape index (κ3) is 2.95. The van der Waals surface area contributed by atoms with Crippen molar-refractivity contribution < 1.29 is 42.9 Å². The van der Waals surface area contributed by atoms with E-state index in [1.54, 1.807) is 0 Å². The van der Waals surface area contributed by atoms with Crippen molar-refractivity contribution in [3.05, 3.63) is 0 Å².